The van der Waals surface area contributed by atoms with Gasteiger partial charge in [0.05, 0.1) is 0 Å². The lowest BCUT2D eigenvalue weighted by Gasteiger charge is -2.22. The zero-order chi connectivity index (χ0) is 10.0. The van der Waals surface area contributed by atoms with Crippen molar-refractivity contribution in [3.63, 3.8) is 0 Å². The SMILES string of the molecule is CC1(C)C=CC(c2ccccc2)C=C1. The minimum atomic E-state index is 0.227. The fourth-order valence-electron chi connectivity index (χ4n) is 1.72. The van der Waals surface area contributed by atoms with Crippen LogP contribution in [0.1, 0.15) is 25.3 Å². The maximum absolute atomic E-state index is 2.29. The van der Waals surface area contributed by atoms with E-state index in [2.05, 4.69) is 68.5 Å². The third kappa shape index (κ3) is 1.95. The molecule has 14 heavy (non-hydrogen) atoms. The molecule has 72 valence electrons. The Morgan fingerprint density at radius 3 is 2.07 bits per heavy atom. The van der Waals surface area contributed by atoms with E-state index >= 15 is 0 Å². The Balaban J connectivity index is 2.22. The molecule has 0 saturated carbocycles. The van der Waals surface area contributed by atoms with E-state index in [0.717, 1.165) is 0 Å². The Labute approximate surface area is 86.0 Å². The van der Waals surface area contributed by atoms with Crippen molar-refractivity contribution >= 4 is 0 Å². The maximum atomic E-state index is 2.29. The van der Waals surface area contributed by atoms with Crippen molar-refractivity contribution in [1.82, 2.24) is 0 Å². The van der Waals surface area contributed by atoms with Gasteiger partial charge in [-0.05, 0) is 5.56 Å². The molecular weight excluding hydrogens is 168 g/mol. The predicted molar refractivity (Wildman–Crippen MR) is 61.2 cm³/mol. The van der Waals surface area contributed by atoms with Crippen LogP contribution in [0.25, 0.3) is 0 Å². The van der Waals surface area contributed by atoms with E-state index < -0.39 is 0 Å². The Hall–Kier alpha value is -1.30. The highest BCUT2D eigenvalue weighted by Crippen LogP contribution is 2.30. The van der Waals surface area contributed by atoms with Crippen molar-refractivity contribution in [2.45, 2.75) is 19.8 Å². The van der Waals surface area contributed by atoms with Crippen LogP contribution in [0.15, 0.2) is 54.6 Å². The minimum Gasteiger partial charge on any atom is -0.0782 e. The summed E-state index contributed by atoms with van der Waals surface area (Å²) in [4.78, 5) is 0. The van der Waals surface area contributed by atoms with Gasteiger partial charge in [-0.15, -0.1) is 0 Å². The lowest BCUT2D eigenvalue weighted by atomic mass is 9.83. The average Bonchev–Trinajstić information content (AvgIpc) is 2.19. The second-order valence-electron chi connectivity index (χ2n) is 4.48. The third-order valence-corrected chi connectivity index (χ3v) is 2.65. The predicted octanol–water partition coefficient (Wildman–Crippen LogP) is 3.92. The van der Waals surface area contributed by atoms with E-state index in [1.807, 2.05) is 0 Å². The summed E-state index contributed by atoms with van der Waals surface area (Å²) in [6, 6.07) is 10.6. The molecule has 1 aliphatic carbocycles. The Kier molecular flexibility index (Phi) is 2.28. The first kappa shape index (κ1) is 9.26. The van der Waals surface area contributed by atoms with Crippen LogP contribution in [0, 0.1) is 5.41 Å². The van der Waals surface area contributed by atoms with Crippen LogP contribution in [-0.2, 0) is 0 Å². The Morgan fingerprint density at radius 1 is 0.929 bits per heavy atom. The highest BCUT2D eigenvalue weighted by atomic mass is 14.2. The second-order valence-corrected chi connectivity index (χ2v) is 4.48. The summed E-state index contributed by atoms with van der Waals surface area (Å²) in [5.74, 6) is 0.462. The molecule has 0 saturated heterocycles. The van der Waals surface area contributed by atoms with Gasteiger partial charge in [0.25, 0.3) is 0 Å². The van der Waals surface area contributed by atoms with Gasteiger partial charge < -0.3 is 0 Å². The van der Waals surface area contributed by atoms with Gasteiger partial charge in [0.15, 0.2) is 0 Å². The van der Waals surface area contributed by atoms with E-state index in [0.29, 0.717) is 5.92 Å². The summed E-state index contributed by atoms with van der Waals surface area (Å²) in [5.41, 5.74) is 1.60. The summed E-state index contributed by atoms with van der Waals surface area (Å²) >= 11 is 0. The van der Waals surface area contributed by atoms with Crippen molar-refractivity contribution in [2.75, 3.05) is 0 Å². The molecule has 0 amide bonds. The quantitative estimate of drug-likeness (QED) is 0.580. The van der Waals surface area contributed by atoms with Crippen LogP contribution < -0.4 is 0 Å². The molecule has 0 N–H and O–H groups in total. The second kappa shape index (κ2) is 3.45. The van der Waals surface area contributed by atoms with Crippen molar-refractivity contribution in [1.29, 1.82) is 0 Å². The summed E-state index contributed by atoms with van der Waals surface area (Å²) in [7, 11) is 0. The van der Waals surface area contributed by atoms with Crippen molar-refractivity contribution in [2.24, 2.45) is 5.41 Å². The average molecular weight is 184 g/mol. The standard InChI is InChI=1S/C14H16/c1-14(2)10-8-13(9-11-14)12-6-4-3-5-7-12/h3-11,13H,1-2H3. The van der Waals surface area contributed by atoms with Crippen LogP contribution in [0.5, 0.6) is 0 Å². The van der Waals surface area contributed by atoms with Gasteiger partial charge in [0, 0.05) is 11.3 Å². The first-order valence-corrected chi connectivity index (χ1v) is 5.11. The number of rotatable bonds is 1. The molecule has 0 aliphatic heterocycles. The maximum Gasteiger partial charge on any atom is 0.0199 e. The molecule has 2 rings (SSSR count). The van der Waals surface area contributed by atoms with E-state index in [1.54, 1.807) is 0 Å². The first-order chi connectivity index (χ1) is 6.67. The fourth-order valence-corrected chi connectivity index (χ4v) is 1.72. The summed E-state index contributed by atoms with van der Waals surface area (Å²) in [6.07, 6.45) is 9.14. The van der Waals surface area contributed by atoms with Crippen molar-refractivity contribution < 1.29 is 0 Å². The molecule has 1 aromatic rings. The van der Waals surface area contributed by atoms with Crippen molar-refractivity contribution in [3.05, 3.63) is 60.2 Å². The monoisotopic (exact) mass is 184 g/mol. The number of hydrogen-bond acceptors (Lipinski definition) is 0. The zero-order valence-electron chi connectivity index (χ0n) is 8.77. The van der Waals surface area contributed by atoms with Gasteiger partial charge in [-0.2, -0.15) is 0 Å². The molecule has 1 aromatic carbocycles. The van der Waals surface area contributed by atoms with Gasteiger partial charge >= 0.3 is 0 Å². The van der Waals surface area contributed by atoms with Gasteiger partial charge in [0.1, 0.15) is 0 Å². The molecule has 0 bridgehead atoms. The third-order valence-electron chi connectivity index (χ3n) is 2.65. The molecule has 0 fully saturated rings. The number of benzene rings is 1. The molecule has 0 aromatic heterocycles. The topological polar surface area (TPSA) is 0 Å². The summed E-state index contributed by atoms with van der Waals surface area (Å²) < 4.78 is 0. The molecule has 0 nitrogen and oxygen atoms in total. The first-order valence-electron chi connectivity index (χ1n) is 5.11. The summed E-state index contributed by atoms with van der Waals surface area (Å²) in [6.45, 7) is 4.45. The van der Waals surface area contributed by atoms with Gasteiger partial charge in [-0.1, -0.05) is 68.5 Å². The van der Waals surface area contributed by atoms with Crippen LogP contribution in [0.3, 0.4) is 0 Å². The molecule has 0 heteroatoms. The molecule has 1 aliphatic rings. The van der Waals surface area contributed by atoms with Gasteiger partial charge in [0.2, 0.25) is 0 Å². The van der Waals surface area contributed by atoms with Crippen LogP contribution in [-0.4, -0.2) is 0 Å². The van der Waals surface area contributed by atoms with E-state index in [4.69, 9.17) is 0 Å². The van der Waals surface area contributed by atoms with E-state index in [1.165, 1.54) is 5.56 Å². The van der Waals surface area contributed by atoms with Gasteiger partial charge in [-0.3, -0.25) is 0 Å². The van der Waals surface area contributed by atoms with E-state index in [-0.39, 0.29) is 5.41 Å². The van der Waals surface area contributed by atoms with Gasteiger partial charge in [-0.25, -0.2) is 0 Å². The summed E-state index contributed by atoms with van der Waals surface area (Å²) in [5, 5.41) is 0. The normalized spacial score (nSPS) is 19.9. The van der Waals surface area contributed by atoms with E-state index in [9.17, 15) is 0 Å². The zero-order valence-corrected chi connectivity index (χ0v) is 8.77. The molecule has 0 heterocycles. The number of hydrogen-bond donors (Lipinski definition) is 0. The molecule has 0 atom stereocenters. The van der Waals surface area contributed by atoms with Crippen LogP contribution in [0.4, 0.5) is 0 Å². The molecule has 0 radical (unpaired) electrons. The smallest absolute Gasteiger partial charge is 0.0199 e. The highest BCUT2D eigenvalue weighted by molar-refractivity contribution is 5.33. The largest absolute Gasteiger partial charge is 0.0782 e. The van der Waals surface area contributed by atoms with Crippen molar-refractivity contribution in [3.8, 4) is 0 Å². The van der Waals surface area contributed by atoms with Crippen LogP contribution >= 0.6 is 0 Å². The lowest BCUT2D eigenvalue weighted by molar-refractivity contribution is 0.609. The minimum absolute atomic E-state index is 0.227. The molecular formula is C14H16. The highest BCUT2D eigenvalue weighted by Gasteiger charge is 2.15. The Morgan fingerprint density at radius 2 is 1.50 bits per heavy atom. The molecule has 0 unspecified atom stereocenters. The fraction of sp³-hybridized carbons (Fsp3) is 0.286. The van der Waals surface area contributed by atoms with Crippen LogP contribution in [0.2, 0.25) is 0 Å². The Bertz CT molecular complexity index is 339. The lowest BCUT2D eigenvalue weighted by Crippen LogP contribution is -2.08. The molecule has 0 spiro atoms. The number of allylic oxidation sites excluding steroid dienone is 4.